The van der Waals surface area contributed by atoms with Crippen LogP contribution in [0.1, 0.15) is 41.6 Å². The molecule has 34 heavy (non-hydrogen) atoms. The Hall–Kier alpha value is -3.36. The molecule has 4 aromatic rings. The lowest BCUT2D eigenvalue weighted by Gasteiger charge is -2.18. The number of esters is 1. The van der Waals surface area contributed by atoms with Gasteiger partial charge in [0.2, 0.25) is 0 Å². The second kappa shape index (κ2) is 9.87. The van der Waals surface area contributed by atoms with E-state index in [1.807, 2.05) is 23.0 Å². The average molecular weight is 496 g/mol. The van der Waals surface area contributed by atoms with Gasteiger partial charge in [0.25, 0.3) is 5.56 Å². The molecule has 0 spiro atoms. The first-order valence-corrected chi connectivity index (χ1v) is 12.1. The first-order valence-electron chi connectivity index (χ1n) is 10.5. The summed E-state index contributed by atoms with van der Waals surface area (Å²) < 4.78 is 8.48. The van der Waals surface area contributed by atoms with Crippen LogP contribution in [-0.4, -0.2) is 32.1 Å². The van der Waals surface area contributed by atoms with Gasteiger partial charge < -0.3 is 9.30 Å². The minimum absolute atomic E-state index is 0.0802. The van der Waals surface area contributed by atoms with Crippen molar-refractivity contribution in [2.24, 2.45) is 0 Å². The molecular formula is C25H22ClN3O4S. The van der Waals surface area contributed by atoms with Crippen LogP contribution in [0.25, 0.3) is 11.0 Å². The van der Waals surface area contributed by atoms with E-state index in [1.165, 1.54) is 23.3 Å². The first kappa shape index (κ1) is 23.8. The highest BCUT2D eigenvalue weighted by atomic mass is 35.5. The van der Waals surface area contributed by atoms with Crippen LogP contribution < -0.4 is 5.56 Å². The SMILES string of the molecule is CSc1nc2c(ccn2Cc2ccc(C(=O)c3ccc(Cl)cc3)cc2)c(=O)n1C(C)OC(C)=O. The number of ether oxygens (including phenoxy) is 1. The Morgan fingerprint density at radius 1 is 1.06 bits per heavy atom. The molecule has 174 valence electrons. The van der Waals surface area contributed by atoms with E-state index in [9.17, 15) is 14.4 Å². The molecule has 0 amide bonds. The van der Waals surface area contributed by atoms with Gasteiger partial charge in [0.1, 0.15) is 5.65 Å². The Bertz CT molecular complexity index is 1430. The minimum atomic E-state index is -0.765. The fraction of sp³-hybridized carbons (Fsp3) is 0.200. The predicted molar refractivity (Wildman–Crippen MR) is 133 cm³/mol. The van der Waals surface area contributed by atoms with Gasteiger partial charge in [0.15, 0.2) is 17.2 Å². The lowest BCUT2D eigenvalue weighted by Crippen LogP contribution is -2.28. The van der Waals surface area contributed by atoms with Gasteiger partial charge in [-0.1, -0.05) is 47.6 Å². The summed E-state index contributed by atoms with van der Waals surface area (Å²) in [5, 5.41) is 1.47. The molecule has 1 unspecified atom stereocenters. The Morgan fingerprint density at radius 2 is 1.68 bits per heavy atom. The maximum Gasteiger partial charge on any atom is 0.304 e. The van der Waals surface area contributed by atoms with Crippen LogP contribution in [-0.2, 0) is 16.1 Å². The summed E-state index contributed by atoms with van der Waals surface area (Å²) in [4.78, 5) is 41.9. The summed E-state index contributed by atoms with van der Waals surface area (Å²) in [5.74, 6) is -0.550. The molecule has 1 atom stereocenters. The number of rotatable bonds is 7. The van der Waals surface area contributed by atoms with Crippen molar-refractivity contribution in [3.05, 3.63) is 92.9 Å². The highest BCUT2D eigenvalue weighted by molar-refractivity contribution is 7.98. The fourth-order valence-electron chi connectivity index (χ4n) is 3.73. The molecular weight excluding hydrogens is 474 g/mol. The Balaban J connectivity index is 1.62. The molecule has 0 aliphatic rings. The normalized spacial score (nSPS) is 12.0. The van der Waals surface area contributed by atoms with Crippen LogP contribution in [0.5, 0.6) is 0 Å². The van der Waals surface area contributed by atoms with Crippen LogP contribution in [0, 0.1) is 0 Å². The lowest BCUT2D eigenvalue weighted by atomic mass is 10.0. The molecule has 0 aliphatic carbocycles. The van der Waals surface area contributed by atoms with Crippen molar-refractivity contribution in [3.8, 4) is 0 Å². The molecule has 0 N–H and O–H groups in total. The monoisotopic (exact) mass is 495 g/mol. The van der Waals surface area contributed by atoms with Crippen molar-refractivity contribution in [2.45, 2.75) is 31.8 Å². The second-order valence-electron chi connectivity index (χ2n) is 7.70. The maximum absolute atomic E-state index is 13.1. The fourth-order valence-corrected chi connectivity index (χ4v) is 4.46. The number of hydrogen-bond acceptors (Lipinski definition) is 6. The van der Waals surface area contributed by atoms with Gasteiger partial charge in [-0.05, 0) is 49.1 Å². The van der Waals surface area contributed by atoms with Gasteiger partial charge in [-0.25, -0.2) is 9.55 Å². The van der Waals surface area contributed by atoms with Gasteiger partial charge >= 0.3 is 5.97 Å². The van der Waals surface area contributed by atoms with E-state index in [4.69, 9.17) is 16.3 Å². The van der Waals surface area contributed by atoms with E-state index in [1.54, 1.807) is 55.6 Å². The van der Waals surface area contributed by atoms with E-state index >= 15 is 0 Å². The summed E-state index contributed by atoms with van der Waals surface area (Å²) in [6.45, 7) is 3.42. The smallest absolute Gasteiger partial charge is 0.304 e. The molecule has 0 saturated carbocycles. The van der Waals surface area contributed by atoms with Gasteiger partial charge in [-0.15, -0.1) is 0 Å². The van der Waals surface area contributed by atoms with Gasteiger partial charge in [0.05, 0.1) is 5.39 Å². The molecule has 9 heteroatoms. The van der Waals surface area contributed by atoms with E-state index in [-0.39, 0.29) is 11.3 Å². The number of hydrogen-bond donors (Lipinski definition) is 0. The van der Waals surface area contributed by atoms with E-state index in [0.717, 1.165) is 5.56 Å². The van der Waals surface area contributed by atoms with Crippen LogP contribution >= 0.6 is 23.4 Å². The number of halogens is 1. The minimum Gasteiger partial charge on any atom is -0.442 e. The molecule has 2 aromatic heterocycles. The first-order chi connectivity index (χ1) is 16.3. The number of benzene rings is 2. The number of nitrogens with zero attached hydrogens (tertiary/aromatic N) is 3. The highest BCUT2D eigenvalue weighted by Crippen LogP contribution is 2.22. The second-order valence-corrected chi connectivity index (χ2v) is 8.91. The molecule has 0 fully saturated rings. The molecule has 4 rings (SSSR count). The summed E-state index contributed by atoms with van der Waals surface area (Å²) in [7, 11) is 0. The molecule has 0 radical (unpaired) electrons. The standard InChI is InChI=1S/C25H22ClN3O4S/c1-15(33-16(2)30)29-24(32)21-12-13-28(23(21)27-25(29)34-3)14-17-4-6-18(7-5-17)22(31)19-8-10-20(26)11-9-19/h4-13,15H,14H2,1-3H3. The van der Waals surface area contributed by atoms with Crippen molar-refractivity contribution >= 4 is 46.1 Å². The van der Waals surface area contributed by atoms with Crippen molar-refractivity contribution in [1.82, 2.24) is 14.1 Å². The van der Waals surface area contributed by atoms with Gasteiger partial charge in [-0.2, -0.15) is 0 Å². The van der Waals surface area contributed by atoms with Gasteiger partial charge in [-0.3, -0.25) is 14.4 Å². The molecule has 0 bridgehead atoms. The van der Waals surface area contributed by atoms with E-state index in [0.29, 0.717) is 38.9 Å². The van der Waals surface area contributed by atoms with Crippen LogP contribution in [0.15, 0.2) is 70.7 Å². The zero-order valence-corrected chi connectivity index (χ0v) is 20.4. The molecule has 7 nitrogen and oxygen atoms in total. The van der Waals surface area contributed by atoms with Crippen molar-refractivity contribution in [1.29, 1.82) is 0 Å². The van der Waals surface area contributed by atoms with Crippen molar-refractivity contribution < 1.29 is 14.3 Å². The quantitative estimate of drug-likeness (QED) is 0.156. The molecule has 0 saturated heterocycles. The van der Waals surface area contributed by atoms with E-state index in [2.05, 4.69) is 4.98 Å². The zero-order valence-electron chi connectivity index (χ0n) is 18.8. The predicted octanol–water partition coefficient (Wildman–Crippen LogP) is 4.93. The third-order valence-electron chi connectivity index (χ3n) is 5.35. The summed E-state index contributed by atoms with van der Waals surface area (Å²) >= 11 is 7.21. The van der Waals surface area contributed by atoms with Crippen molar-refractivity contribution in [2.75, 3.05) is 6.26 Å². The number of carbonyl (C=O) groups excluding carboxylic acids is 2. The third-order valence-corrected chi connectivity index (χ3v) is 6.25. The van der Waals surface area contributed by atoms with Crippen LogP contribution in [0.3, 0.4) is 0 Å². The number of carbonyl (C=O) groups is 2. The van der Waals surface area contributed by atoms with Crippen molar-refractivity contribution in [3.63, 3.8) is 0 Å². The summed E-state index contributed by atoms with van der Waals surface area (Å²) in [6, 6.07) is 15.8. The number of aromatic nitrogens is 3. The van der Waals surface area contributed by atoms with Crippen LogP contribution in [0.2, 0.25) is 5.02 Å². The summed E-state index contributed by atoms with van der Waals surface area (Å²) in [6.07, 6.45) is 2.85. The number of fused-ring (bicyclic) bond motifs is 1. The van der Waals surface area contributed by atoms with E-state index < -0.39 is 12.2 Å². The Morgan fingerprint density at radius 3 is 2.26 bits per heavy atom. The maximum atomic E-state index is 13.1. The number of thioether (sulfide) groups is 1. The Labute approximate surface area is 205 Å². The zero-order chi connectivity index (χ0) is 24.4. The highest BCUT2D eigenvalue weighted by Gasteiger charge is 2.19. The average Bonchev–Trinajstić information content (AvgIpc) is 3.21. The largest absolute Gasteiger partial charge is 0.442 e. The molecule has 2 heterocycles. The summed E-state index contributed by atoms with van der Waals surface area (Å²) in [5.41, 5.74) is 2.37. The molecule has 2 aromatic carbocycles. The lowest BCUT2D eigenvalue weighted by molar-refractivity contribution is -0.150. The third kappa shape index (κ3) is 4.78. The Kier molecular flexibility index (Phi) is 6.90. The topological polar surface area (TPSA) is 83.2 Å². The van der Waals surface area contributed by atoms with Crippen LogP contribution in [0.4, 0.5) is 0 Å². The number of ketones is 1. The molecule has 0 aliphatic heterocycles. The van der Waals surface area contributed by atoms with Gasteiger partial charge in [0, 0.05) is 35.8 Å².